The van der Waals surface area contributed by atoms with Gasteiger partial charge in [-0.2, -0.15) is 5.10 Å². The number of nitrogens with one attached hydrogen (secondary N) is 2. The van der Waals surface area contributed by atoms with E-state index in [0.717, 1.165) is 25.9 Å². The molecule has 0 spiro atoms. The number of anilines is 3. The third kappa shape index (κ3) is 5.36. The van der Waals surface area contributed by atoms with Gasteiger partial charge in [0, 0.05) is 41.0 Å². The van der Waals surface area contributed by atoms with E-state index in [0.29, 0.717) is 17.7 Å². The molecule has 0 aliphatic heterocycles. The van der Waals surface area contributed by atoms with Crippen LogP contribution in [0.4, 0.5) is 17.5 Å². The zero-order valence-electron chi connectivity index (χ0n) is 18.0. The molecule has 0 bridgehead atoms. The first kappa shape index (κ1) is 21.5. The number of amides is 1. The Bertz CT molecular complexity index is 1280. The van der Waals surface area contributed by atoms with Crippen molar-refractivity contribution in [2.45, 2.75) is 25.2 Å². The van der Waals surface area contributed by atoms with E-state index in [4.69, 9.17) is 0 Å². The van der Waals surface area contributed by atoms with Crippen molar-refractivity contribution in [3.8, 4) is 11.1 Å². The third-order valence-electron chi connectivity index (χ3n) is 5.43. The van der Waals surface area contributed by atoms with Crippen LogP contribution in [-0.4, -0.2) is 30.6 Å². The van der Waals surface area contributed by atoms with Gasteiger partial charge >= 0.3 is 0 Å². The number of halogens is 1. The van der Waals surface area contributed by atoms with Crippen molar-refractivity contribution in [3.63, 3.8) is 0 Å². The van der Waals surface area contributed by atoms with Gasteiger partial charge in [-0.25, -0.2) is 15.0 Å². The number of aryl methyl sites for hydroxylation is 1. The Kier molecular flexibility index (Phi) is 6.03. The van der Waals surface area contributed by atoms with E-state index in [1.807, 2.05) is 49.8 Å². The van der Waals surface area contributed by atoms with Crippen molar-refractivity contribution in [2.75, 3.05) is 10.6 Å². The molecular formula is C24H22IN7O. The van der Waals surface area contributed by atoms with E-state index in [1.165, 1.54) is 18.4 Å². The second-order valence-corrected chi connectivity index (χ2v) is 9.27. The SMILES string of the molecule is Cn1cc(Nc2ncc(-c3ccc(CC(=O)Nc4cc(I)c(C5CC5)cn4)cc3)cn2)cn1. The molecule has 3 heterocycles. The summed E-state index contributed by atoms with van der Waals surface area (Å²) in [5.74, 6) is 1.67. The molecule has 1 fully saturated rings. The summed E-state index contributed by atoms with van der Waals surface area (Å²) >= 11 is 2.32. The highest BCUT2D eigenvalue weighted by Gasteiger charge is 2.26. The average molecular weight is 551 g/mol. The molecule has 4 aromatic rings. The maximum absolute atomic E-state index is 12.5. The fraction of sp³-hybridized carbons (Fsp3) is 0.208. The maximum atomic E-state index is 12.5. The minimum absolute atomic E-state index is 0.0839. The van der Waals surface area contributed by atoms with Crippen molar-refractivity contribution >= 4 is 46.0 Å². The van der Waals surface area contributed by atoms with Crippen LogP contribution in [0.15, 0.2) is 61.3 Å². The molecule has 166 valence electrons. The largest absolute Gasteiger partial charge is 0.321 e. The fourth-order valence-corrected chi connectivity index (χ4v) is 4.42. The Hall–Kier alpha value is -3.34. The molecule has 1 aromatic carbocycles. The molecule has 0 atom stereocenters. The van der Waals surface area contributed by atoms with Gasteiger partial charge in [-0.3, -0.25) is 9.48 Å². The number of benzene rings is 1. The molecular weight excluding hydrogens is 529 g/mol. The Morgan fingerprint density at radius 3 is 2.45 bits per heavy atom. The third-order valence-corrected chi connectivity index (χ3v) is 6.37. The van der Waals surface area contributed by atoms with Crippen LogP contribution < -0.4 is 10.6 Å². The van der Waals surface area contributed by atoms with Gasteiger partial charge in [-0.1, -0.05) is 24.3 Å². The number of aromatic nitrogens is 5. The Labute approximate surface area is 205 Å². The number of hydrogen-bond acceptors (Lipinski definition) is 6. The monoisotopic (exact) mass is 551 g/mol. The average Bonchev–Trinajstić information content (AvgIpc) is 3.56. The number of carbonyl (C=O) groups excluding carboxylic acids is 1. The number of carbonyl (C=O) groups is 1. The Morgan fingerprint density at radius 1 is 1.06 bits per heavy atom. The van der Waals surface area contributed by atoms with Gasteiger partial charge in [0.05, 0.1) is 18.3 Å². The van der Waals surface area contributed by atoms with Gasteiger partial charge in [0.15, 0.2) is 0 Å². The minimum atomic E-state index is -0.0839. The van der Waals surface area contributed by atoms with E-state index in [9.17, 15) is 4.79 Å². The Morgan fingerprint density at radius 2 is 1.82 bits per heavy atom. The lowest BCUT2D eigenvalue weighted by atomic mass is 10.1. The van der Waals surface area contributed by atoms with Crippen LogP contribution in [0.5, 0.6) is 0 Å². The quantitative estimate of drug-likeness (QED) is 0.324. The van der Waals surface area contributed by atoms with Crippen molar-refractivity contribution in [2.24, 2.45) is 7.05 Å². The molecule has 1 aliphatic carbocycles. The van der Waals surface area contributed by atoms with Gasteiger partial charge in [-0.15, -0.1) is 0 Å². The molecule has 1 saturated carbocycles. The van der Waals surface area contributed by atoms with Crippen LogP contribution >= 0.6 is 22.6 Å². The predicted octanol–water partition coefficient (Wildman–Crippen LogP) is 4.68. The highest BCUT2D eigenvalue weighted by Crippen LogP contribution is 2.42. The lowest BCUT2D eigenvalue weighted by Crippen LogP contribution is -2.15. The zero-order chi connectivity index (χ0) is 22.8. The molecule has 3 aromatic heterocycles. The number of pyridine rings is 1. The normalized spacial score (nSPS) is 13.0. The summed E-state index contributed by atoms with van der Waals surface area (Å²) in [6, 6.07) is 9.79. The first-order chi connectivity index (χ1) is 16.0. The summed E-state index contributed by atoms with van der Waals surface area (Å²) in [5.41, 5.74) is 4.93. The number of nitrogens with zero attached hydrogens (tertiary/aromatic N) is 5. The standard InChI is InChI=1S/C24H22IN7O/c1-32-14-19(12-29-32)30-24-27-10-18(11-28-24)16-4-2-15(3-5-16)8-23(33)31-22-9-21(25)20(13-26-22)17-6-7-17/h2-5,9-14,17H,6-8H2,1H3,(H,26,31,33)(H,27,28,30). The van der Waals surface area contributed by atoms with Crippen LogP contribution in [0.25, 0.3) is 11.1 Å². The maximum Gasteiger partial charge on any atom is 0.229 e. The summed E-state index contributed by atoms with van der Waals surface area (Å²) in [4.78, 5) is 25.6. The van der Waals surface area contributed by atoms with Gasteiger partial charge in [0.1, 0.15) is 5.82 Å². The minimum Gasteiger partial charge on any atom is -0.321 e. The van der Waals surface area contributed by atoms with E-state index in [1.54, 1.807) is 23.3 Å². The molecule has 0 saturated heterocycles. The van der Waals surface area contributed by atoms with E-state index in [2.05, 4.69) is 53.3 Å². The van der Waals surface area contributed by atoms with E-state index < -0.39 is 0 Å². The molecule has 0 radical (unpaired) electrons. The highest BCUT2D eigenvalue weighted by molar-refractivity contribution is 14.1. The highest BCUT2D eigenvalue weighted by atomic mass is 127. The second-order valence-electron chi connectivity index (χ2n) is 8.11. The lowest BCUT2D eigenvalue weighted by molar-refractivity contribution is -0.115. The van der Waals surface area contributed by atoms with Crippen molar-refractivity contribution < 1.29 is 4.79 Å². The van der Waals surface area contributed by atoms with Crippen LogP contribution in [0.3, 0.4) is 0 Å². The van der Waals surface area contributed by atoms with Gasteiger partial charge in [-0.05, 0) is 64.1 Å². The molecule has 5 rings (SSSR count). The summed E-state index contributed by atoms with van der Waals surface area (Å²) in [7, 11) is 1.85. The van der Waals surface area contributed by atoms with Gasteiger partial charge < -0.3 is 10.6 Å². The van der Waals surface area contributed by atoms with E-state index in [-0.39, 0.29) is 12.3 Å². The predicted molar refractivity (Wildman–Crippen MR) is 135 cm³/mol. The Balaban J connectivity index is 1.18. The second kappa shape index (κ2) is 9.26. The van der Waals surface area contributed by atoms with Crippen molar-refractivity contribution in [1.82, 2.24) is 24.7 Å². The van der Waals surface area contributed by atoms with Crippen LogP contribution in [0.1, 0.15) is 29.9 Å². The van der Waals surface area contributed by atoms with Crippen LogP contribution in [-0.2, 0) is 18.3 Å². The summed E-state index contributed by atoms with van der Waals surface area (Å²) in [6.07, 6.45) is 11.8. The van der Waals surface area contributed by atoms with Crippen LogP contribution in [0.2, 0.25) is 0 Å². The van der Waals surface area contributed by atoms with Crippen LogP contribution in [0, 0.1) is 3.57 Å². The molecule has 1 amide bonds. The summed E-state index contributed by atoms with van der Waals surface area (Å²) < 4.78 is 2.87. The molecule has 33 heavy (non-hydrogen) atoms. The summed E-state index contributed by atoms with van der Waals surface area (Å²) in [6.45, 7) is 0. The first-order valence-corrected chi connectivity index (χ1v) is 11.7. The molecule has 2 N–H and O–H groups in total. The van der Waals surface area contributed by atoms with E-state index >= 15 is 0 Å². The number of hydrogen-bond donors (Lipinski definition) is 2. The molecule has 0 unspecified atom stereocenters. The molecule has 8 nitrogen and oxygen atoms in total. The van der Waals surface area contributed by atoms with Gasteiger partial charge in [0.25, 0.3) is 0 Å². The lowest BCUT2D eigenvalue weighted by Gasteiger charge is -2.08. The molecule has 1 aliphatic rings. The fourth-order valence-electron chi connectivity index (χ4n) is 3.55. The topological polar surface area (TPSA) is 97.6 Å². The number of rotatable bonds is 7. The van der Waals surface area contributed by atoms with Crippen molar-refractivity contribution in [1.29, 1.82) is 0 Å². The first-order valence-electron chi connectivity index (χ1n) is 10.7. The summed E-state index contributed by atoms with van der Waals surface area (Å²) in [5, 5.41) is 10.1. The zero-order valence-corrected chi connectivity index (χ0v) is 20.2. The van der Waals surface area contributed by atoms with Gasteiger partial charge in [0.2, 0.25) is 11.9 Å². The molecule has 9 heteroatoms. The van der Waals surface area contributed by atoms with Crippen molar-refractivity contribution in [3.05, 3.63) is 76.0 Å². The smallest absolute Gasteiger partial charge is 0.229 e.